The number of hydrogen-bond donors (Lipinski definition) is 0. The lowest BCUT2D eigenvalue weighted by Crippen LogP contribution is -2.22. The molecular formula is C10H12BrN5. The molecular weight excluding hydrogens is 270 g/mol. The van der Waals surface area contributed by atoms with Gasteiger partial charge in [0.25, 0.3) is 5.78 Å². The Balaban J connectivity index is 2.26. The molecule has 0 unspecified atom stereocenters. The third-order valence-corrected chi connectivity index (χ3v) is 3.85. The fourth-order valence-corrected chi connectivity index (χ4v) is 2.62. The van der Waals surface area contributed by atoms with Gasteiger partial charge in [-0.2, -0.15) is 14.6 Å². The molecule has 0 amide bonds. The van der Waals surface area contributed by atoms with Gasteiger partial charge in [0.2, 0.25) is 0 Å². The Labute approximate surface area is 102 Å². The second-order valence-electron chi connectivity index (χ2n) is 4.00. The van der Waals surface area contributed by atoms with Crippen molar-refractivity contribution in [1.29, 1.82) is 0 Å². The van der Waals surface area contributed by atoms with E-state index in [4.69, 9.17) is 0 Å². The summed E-state index contributed by atoms with van der Waals surface area (Å²) in [6.45, 7) is 4.15. The van der Waals surface area contributed by atoms with Crippen LogP contribution in [-0.4, -0.2) is 32.7 Å². The van der Waals surface area contributed by atoms with Crippen LogP contribution in [-0.2, 0) is 0 Å². The van der Waals surface area contributed by atoms with E-state index in [-0.39, 0.29) is 0 Å². The van der Waals surface area contributed by atoms with Crippen molar-refractivity contribution in [2.75, 3.05) is 18.0 Å². The molecule has 16 heavy (non-hydrogen) atoms. The zero-order valence-electron chi connectivity index (χ0n) is 9.02. The maximum Gasteiger partial charge on any atom is 0.254 e. The molecule has 3 heterocycles. The standard InChI is InChI=1S/C10H12BrN5/c1-7-8(11)9(15-4-2-3-5-15)16-10(14-7)12-6-13-16/h6H,2-5H2,1H3. The highest BCUT2D eigenvalue weighted by Gasteiger charge is 2.21. The summed E-state index contributed by atoms with van der Waals surface area (Å²) in [7, 11) is 0. The maximum absolute atomic E-state index is 4.38. The maximum atomic E-state index is 4.38. The van der Waals surface area contributed by atoms with Crippen LogP contribution in [0, 0.1) is 6.92 Å². The number of fused-ring (bicyclic) bond motifs is 1. The summed E-state index contributed by atoms with van der Waals surface area (Å²) in [5, 5.41) is 4.24. The first-order valence-electron chi connectivity index (χ1n) is 5.38. The highest BCUT2D eigenvalue weighted by molar-refractivity contribution is 9.10. The van der Waals surface area contributed by atoms with Crippen molar-refractivity contribution < 1.29 is 0 Å². The Morgan fingerprint density at radius 1 is 1.31 bits per heavy atom. The average molecular weight is 282 g/mol. The highest BCUT2D eigenvalue weighted by atomic mass is 79.9. The topological polar surface area (TPSA) is 46.3 Å². The number of anilines is 1. The number of hydrogen-bond acceptors (Lipinski definition) is 4. The van der Waals surface area contributed by atoms with Gasteiger partial charge in [-0.3, -0.25) is 0 Å². The molecule has 1 saturated heterocycles. The molecule has 1 fully saturated rings. The Kier molecular flexibility index (Phi) is 2.31. The van der Waals surface area contributed by atoms with E-state index in [1.807, 2.05) is 11.4 Å². The van der Waals surface area contributed by atoms with Gasteiger partial charge in [0, 0.05) is 13.1 Å². The molecule has 5 nitrogen and oxygen atoms in total. The van der Waals surface area contributed by atoms with Crippen LogP contribution >= 0.6 is 15.9 Å². The number of aryl methyl sites for hydroxylation is 1. The SMILES string of the molecule is Cc1nc2ncnn2c(N2CCCC2)c1Br. The van der Waals surface area contributed by atoms with Crippen LogP contribution in [0.25, 0.3) is 5.78 Å². The molecule has 2 aromatic rings. The van der Waals surface area contributed by atoms with Gasteiger partial charge in [-0.05, 0) is 35.7 Å². The Morgan fingerprint density at radius 2 is 2.06 bits per heavy atom. The van der Waals surface area contributed by atoms with Crippen molar-refractivity contribution in [3.63, 3.8) is 0 Å². The van der Waals surface area contributed by atoms with Crippen molar-refractivity contribution in [2.45, 2.75) is 19.8 Å². The Bertz CT molecular complexity index is 529. The van der Waals surface area contributed by atoms with E-state index < -0.39 is 0 Å². The van der Waals surface area contributed by atoms with E-state index in [0.717, 1.165) is 29.1 Å². The minimum Gasteiger partial charge on any atom is -0.355 e. The van der Waals surface area contributed by atoms with Crippen molar-refractivity contribution in [3.8, 4) is 0 Å². The molecule has 0 aromatic carbocycles. The van der Waals surface area contributed by atoms with E-state index in [0.29, 0.717) is 5.78 Å². The zero-order valence-corrected chi connectivity index (χ0v) is 10.6. The highest BCUT2D eigenvalue weighted by Crippen LogP contribution is 2.30. The number of halogens is 1. The molecule has 0 bridgehead atoms. The van der Waals surface area contributed by atoms with Gasteiger partial charge in [-0.25, -0.2) is 4.98 Å². The van der Waals surface area contributed by atoms with E-state index in [9.17, 15) is 0 Å². The third kappa shape index (κ3) is 1.40. The molecule has 0 saturated carbocycles. The molecule has 1 aliphatic rings. The van der Waals surface area contributed by atoms with Gasteiger partial charge in [0.1, 0.15) is 12.1 Å². The van der Waals surface area contributed by atoms with Gasteiger partial charge in [0.15, 0.2) is 0 Å². The van der Waals surface area contributed by atoms with Crippen LogP contribution < -0.4 is 4.90 Å². The zero-order chi connectivity index (χ0) is 11.1. The smallest absolute Gasteiger partial charge is 0.254 e. The van der Waals surface area contributed by atoms with Crippen molar-refractivity contribution in [3.05, 3.63) is 16.5 Å². The van der Waals surface area contributed by atoms with Gasteiger partial charge < -0.3 is 4.90 Å². The van der Waals surface area contributed by atoms with Crippen molar-refractivity contribution in [1.82, 2.24) is 19.6 Å². The van der Waals surface area contributed by atoms with Crippen molar-refractivity contribution in [2.24, 2.45) is 0 Å². The van der Waals surface area contributed by atoms with Gasteiger partial charge in [-0.1, -0.05) is 0 Å². The molecule has 84 valence electrons. The Morgan fingerprint density at radius 3 is 2.81 bits per heavy atom. The summed E-state index contributed by atoms with van der Waals surface area (Å²) >= 11 is 3.60. The first-order valence-corrected chi connectivity index (χ1v) is 6.17. The van der Waals surface area contributed by atoms with Crippen LogP contribution in [0.4, 0.5) is 5.82 Å². The lowest BCUT2D eigenvalue weighted by Gasteiger charge is -2.20. The molecule has 0 N–H and O–H groups in total. The van der Waals surface area contributed by atoms with Gasteiger partial charge >= 0.3 is 0 Å². The van der Waals surface area contributed by atoms with E-state index in [2.05, 4.69) is 35.9 Å². The minimum absolute atomic E-state index is 0.669. The van der Waals surface area contributed by atoms with Crippen LogP contribution in [0.1, 0.15) is 18.5 Å². The number of nitrogens with zero attached hydrogens (tertiary/aromatic N) is 5. The van der Waals surface area contributed by atoms with Crippen LogP contribution in [0.5, 0.6) is 0 Å². The molecule has 0 spiro atoms. The number of aromatic nitrogens is 4. The predicted molar refractivity (Wildman–Crippen MR) is 64.7 cm³/mol. The summed E-state index contributed by atoms with van der Waals surface area (Å²) in [6.07, 6.45) is 4.03. The second kappa shape index (κ2) is 3.69. The lowest BCUT2D eigenvalue weighted by molar-refractivity contribution is 0.838. The Hall–Kier alpha value is -1.17. The van der Waals surface area contributed by atoms with E-state index >= 15 is 0 Å². The first kappa shape index (κ1) is 10.0. The van der Waals surface area contributed by atoms with Crippen LogP contribution in [0.2, 0.25) is 0 Å². The monoisotopic (exact) mass is 281 g/mol. The largest absolute Gasteiger partial charge is 0.355 e. The van der Waals surface area contributed by atoms with Crippen molar-refractivity contribution >= 4 is 27.5 Å². The lowest BCUT2D eigenvalue weighted by atomic mass is 10.4. The van der Waals surface area contributed by atoms with E-state index in [1.54, 1.807) is 6.33 Å². The summed E-state index contributed by atoms with van der Waals surface area (Å²) in [5.41, 5.74) is 0.961. The van der Waals surface area contributed by atoms with Crippen LogP contribution in [0.3, 0.4) is 0 Å². The molecule has 0 aliphatic carbocycles. The molecule has 1 aliphatic heterocycles. The molecule has 0 radical (unpaired) electrons. The quantitative estimate of drug-likeness (QED) is 0.800. The summed E-state index contributed by atoms with van der Waals surface area (Å²) in [6, 6.07) is 0. The summed E-state index contributed by atoms with van der Waals surface area (Å²) < 4.78 is 2.83. The second-order valence-corrected chi connectivity index (χ2v) is 4.79. The fraction of sp³-hybridized carbons (Fsp3) is 0.500. The third-order valence-electron chi connectivity index (χ3n) is 2.92. The molecule has 6 heteroatoms. The average Bonchev–Trinajstić information content (AvgIpc) is 2.89. The summed E-state index contributed by atoms with van der Waals surface area (Å²) in [5.74, 6) is 1.75. The van der Waals surface area contributed by atoms with Gasteiger partial charge in [-0.15, -0.1) is 0 Å². The minimum atomic E-state index is 0.669. The summed E-state index contributed by atoms with van der Waals surface area (Å²) in [4.78, 5) is 10.9. The van der Waals surface area contributed by atoms with Gasteiger partial charge in [0.05, 0.1) is 10.2 Å². The fourth-order valence-electron chi connectivity index (χ4n) is 2.12. The molecule has 3 rings (SSSR count). The normalized spacial score (nSPS) is 16.2. The predicted octanol–water partition coefficient (Wildman–Crippen LogP) is 1.80. The first-order chi connectivity index (χ1) is 7.77. The number of rotatable bonds is 1. The van der Waals surface area contributed by atoms with Crippen LogP contribution in [0.15, 0.2) is 10.8 Å². The molecule has 2 aromatic heterocycles. The van der Waals surface area contributed by atoms with E-state index in [1.165, 1.54) is 12.8 Å². The molecule has 0 atom stereocenters.